The molecule has 4 rings (SSSR count). The summed E-state index contributed by atoms with van der Waals surface area (Å²) < 4.78 is 0. The van der Waals surface area contributed by atoms with Crippen molar-refractivity contribution in [1.82, 2.24) is 9.80 Å². The number of imide groups is 1. The first-order valence-corrected chi connectivity index (χ1v) is 10.4. The van der Waals surface area contributed by atoms with Gasteiger partial charge in [-0.15, -0.1) is 0 Å². The van der Waals surface area contributed by atoms with Crippen molar-refractivity contribution in [3.8, 4) is 0 Å². The van der Waals surface area contributed by atoms with Crippen LogP contribution < -0.4 is 0 Å². The van der Waals surface area contributed by atoms with Gasteiger partial charge >= 0.3 is 0 Å². The molecule has 5 nitrogen and oxygen atoms in total. The predicted molar refractivity (Wildman–Crippen MR) is 110 cm³/mol. The van der Waals surface area contributed by atoms with Crippen molar-refractivity contribution in [2.45, 2.75) is 66.1 Å². The lowest BCUT2D eigenvalue weighted by Gasteiger charge is -2.67. The van der Waals surface area contributed by atoms with E-state index in [4.69, 9.17) is 0 Å². The smallest absolute Gasteiger partial charge is 0.254 e. The maximum absolute atomic E-state index is 13.8. The molecule has 29 heavy (non-hydrogen) atoms. The molecule has 1 saturated carbocycles. The number of likely N-dealkylation sites (tertiary alicyclic amines) is 2. The number of allylic oxidation sites excluding steroid dienone is 1. The van der Waals surface area contributed by atoms with Gasteiger partial charge in [0.1, 0.15) is 6.17 Å². The van der Waals surface area contributed by atoms with Gasteiger partial charge in [-0.2, -0.15) is 0 Å². The second-order valence-electron chi connectivity index (χ2n) is 9.99. The Hall–Kier alpha value is -2.43. The molecule has 1 aliphatic carbocycles. The SMILES string of the molecule is C/C=C/C(=O)N1C(=O)[C@@]2(C)C[C@]3(C)C[C@](C)(C2)[C@H]1N([C@@H](C)c1ccccc1)C3=O. The van der Waals surface area contributed by atoms with E-state index in [1.807, 2.05) is 56.0 Å². The minimum atomic E-state index is -0.687. The van der Waals surface area contributed by atoms with Crippen LogP contribution >= 0.6 is 0 Å². The van der Waals surface area contributed by atoms with E-state index >= 15 is 0 Å². The van der Waals surface area contributed by atoms with Crippen molar-refractivity contribution < 1.29 is 14.4 Å². The number of hydrogen-bond acceptors (Lipinski definition) is 3. The number of carbonyl (C=O) groups is 3. The van der Waals surface area contributed by atoms with E-state index < -0.39 is 17.0 Å². The number of nitrogens with zero attached hydrogens (tertiary/aromatic N) is 2. The van der Waals surface area contributed by atoms with E-state index in [-0.39, 0.29) is 29.2 Å². The summed E-state index contributed by atoms with van der Waals surface area (Å²) in [6.45, 7) is 9.85. The van der Waals surface area contributed by atoms with E-state index in [1.165, 1.54) is 11.0 Å². The number of hydrogen-bond donors (Lipinski definition) is 0. The lowest BCUT2D eigenvalue weighted by Crippen LogP contribution is -2.77. The summed E-state index contributed by atoms with van der Waals surface area (Å²) >= 11 is 0. The molecular formula is C24H30N2O3. The Bertz CT molecular complexity index is 906. The van der Waals surface area contributed by atoms with Crippen molar-refractivity contribution in [2.75, 3.05) is 0 Å². The van der Waals surface area contributed by atoms with E-state index in [1.54, 1.807) is 13.0 Å². The van der Waals surface area contributed by atoms with Crippen molar-refractivity contribution >= 4 is 17.7 Å². The minimum absolute atomic E-state index is 0.0491. The fourth-order valence-corrected chi connectivity index (χ4v) is 6.64. The van der Waals surface area contributed by atoms with Crippen LogP contribution in [0.2, 0.25) is 0 Å². The topological polar surface area (TPSA) is 57.7 Å². The fourth-order valence-electron chi connectivity index (χ4n) is 6.64. The highest BCUT2D eigenvalue weighted by molar-refractivity contribution is 6.05. The molecule has 0 aromatic heterocycles. The summed E-state index contributed by atoms with van der Waals surface area (Å²) in [6.07, 6.45) is 4.41. The number of rotatable bonds is 3. The molecule has 3 amide bonds. The molecule has 3 fully saturated rings. The summed E-state index contributed by atoms with van der Waals surface area (Å²) in [5.41, 5.74) is -0.601. The third kappa shape index (κ3) is 2.70. The van der Waals surface area contributed by atoms with Gasteiger partial charge in [-0.25, -0.2) is 0 Å². The largest absolute Gasteiger partial charge is 0.314 e. The molecule has 5 heteroatoms. The van der Waals surface area contributed by atoms with Crippen LogP contribution in [0.25, 0.3) is 0 Å². The van der Waals surface area contributed by atoms with Crippen molar-refractivity contribution in [1.29, 1.82) is 0 Å². The molecule has 0 radical (unpaired) electrons. The zero-order valence-electron chi connectivity index (χ0n) is 17.9. The molecular weight excluding hydrogens is 364 g/mol. The number of benzene rings is 1. The van der Waals surface area contributed by atoms with Gasteiger partial charge in [-0.05, 0) is 44.7 Å². The van der Waals surface area contributed by atoms with Gasteiger partial charge in [-0.1, -0.05) is 57.2 Å². The van der Waals surface area contributed by atoms with Crippen LogP contribution in [-0.4, -0.2) is 33.7 Å². The van der Waals surface area contributed by atoms with Gasteiger partial charge < -0.3 is 4.90 Å². The molecule has 0 N–H and O–H groups in total. The highest BCUT2D eigenvalue weighted by Crippen LogP contribution is 2.65. The van der Waals surface area contributed by atoms with Crippen LogP contribution in [0.3, 0.4) is 0 Å². The Labute approximate surface area is 172 Å². The Morgan fingerprint density at radius 1 is 1.03 bits per heavy atom. The van der Waals surface area contributed by atoms with Crippen LogP contribution in [0.1, 0.15) is 65.5 Å². The zero-order chi connectivity index (χ0) is 21.2. The first-order chi connectivity index (χ1) is 13.6. The molecule has 0 spiro atoms. The molecule has 1 aromatic rings. The van der Waals surface area contributed by atoms with Crippen molar-refractivity contribution in [2.24, 2.45) is 16.2 Å². The highest BCUT2D eigenvalue weighted by Gasteiger charge is 2.70. The summed E-state index contributed by atoms with van der Waals surface area (Å²) in [5.74, 6) is -0.428. The first kappa shape index (κ1) is 19.9. The molecule has 0 unspecified atom stereocenters. The second kappa shape index (κ2) is 6.28. The predicted octanol–water partition coefficient (Wildman–Crippen LogP) is 4.06. The standard InChI is InChI=1S/C24H30N2O3/c1-6-10-18(27)26-19-22(3)13-23(4,15-24(5,14-22)21(26)29)20(28)25(19)16(2)17-11-8-7-9-12-17/h6-12,16,19H,13-15H2,1-5H3/b10-6+/t16-,19-,22+,23-,24+/m0/s1. The lowest BCUT2D eigenvalue weighted by molar-refractivity contribution is -0.223. The third-order valence-electron chi connectivity index (χ3n) is 7.23. The summed E-state index contributed by atoms with van der Waals surface area (Å²) in [7, 11) is 0. The monoisotopic (exact) mass is 394 g/mol. The maximum Gasteiger partial charge on any atom is 0.254 e. The maximum atomic E-state index is 13.8. The van der Waals surface area contributed by atoms with Crippen LogP contribution in [0.4, 0.5) is 0 Å². The minimum Gasteiger partial charge on any atom is -0.314 e. The van der Waals surface area contributed by atoms with E-state index in [2.05, 4.69) is 6.92 Å². The van der Waals surface area contributed by atoms with Crippen molar-refractivity contribution in [3.63, 3.8) is 0 Å². The Morgan fingerprint density at radius 3 is 2.21 bits per heavy atom. The van der Waals surface area contributed by atoms with Gasteiger partial charge in [0, 0.05) is 16.2 Å². The van der Waals surface area contributed by atoms with Crippen LogP contribution in [0, 0.1) is 16.2 Å². The van der Waals surface area contributed by atoms with Crippen LogP contribution in [-0.2, 0) is 14.4 Å². The normalized spacial score (nSPS) is 37.3. The third-order valence-corrected chi connectivity index (χ3v) is 7.23. The van der Waals surface area contributed by atoms with Gasteiger partial charge in [-0.3, -0.25) is 19.3 Å². The summed E-state index contributed by atoms with van der Waals surface area (Å²) in [5, 5.41) is 0. The van der Waals surface area contributed by atoms with Crippen LogP contribution in [0.15, 0.2) is 42.5 Å². The first-order valence-electron chi connectivity index (χ1n) is 10.4. The quantitative estimate of drug-likeness (QED) is 0.727. The van der Waals surface area contributed by atoms with Crippen molar-refractivity contribution in [3.05, 3.63) is 48.0 Å². The number of fused-ring (bicyclic) bond motifs is 2. The van der Waals surface area contributed by atoms with E-state index in [0.29, 0.717) is 19.3 Å². The molecule has 3 bridgehead atoms. The Morgan fingerprint density at radius 2 is 1.62 bits per heavy atom. The molecule has 5 atom stereocenters. The lowest BCUT2D eigenvalue weighted by atomic mass is 9.48. The average Bonchev–Trinajstić information content (AvgIpc) is 2.65. The van der Waals surface area contributed by atoms with Gasteiger partial charge in [0.05, 0.1) is 6.04 Å². The Kier molecular flexibility index (Phi) is 4.30. The van der Waals surface area contributed by atoms with Gasteiger partial charge in [0.15, 0.2) is 0 Å². The summed E-state index contributed by atoms with van der Waals surface area (Å²) in [6, 6.07) is 9.62. The molecule has 1 aromatic carbocycles. The number of amides is 3. The number of carbonyl (C=O) groups excluding carboxylic acids is 3. The van der Waals surface area contributed by atoms with Gasteiger partial charge in [0.2, 0.25) is 11.8 Å². The molecule has 154 valence electrons. The molecule has 3 aliphatic rings. The Balaban J connectivity index is 1.91. The fraction of sp³-hybridized carbons (Fsp3) is 0.542. The van der Waals surface area contributed by atoms with E-state index in [0.717, 1.165) is 5.56 Å². The molecule has 2 saturated heterocycles. The number of piperidine rings is 2. The molecule has 2 heterocycles. The molecule has 2 aliphatic heterocycles. The zero-order valence-corrected chi connectivity index (χ0v) is 17.9. The second-order valence-corrected chi connectivity index (χ2v) is 9.99. The van der Waals surface area contributed by atoms with Crippen LogP contribution in [0.5, 0.6) is 0 Å². The van der Waals surface area contributed by atoms with E-state index in [9.17, 15) is 14.4 Å². The van der Waals surface area contributed by atoms with Gasteiger partial charge in [0.25, 0.3) is 5.91 Å². The average molecular weight is 395 g/mol. The highest BCUT2D eigenvalue weighted by atomic mass is 16.2. The summed E-state index contributed by atoms with van der Waals surface area (Å²) in [4.78, 5) is 43.7.